The normalized spacial score (nSPS) is 10.8. The van der Waals surface area contributed by atoms with Crippen LogP contribution in [0.3, 0.4) is 0 Å². The van der Waals surface area contributed by atoms with Crippen LogP contribution in [0, 0.1) is 0 Å². The Labute approximate surface area is 142 Å². The van der Waals surface area contributed by atoms with Gasteiger partial charge in [-0.1, -0.05) is 95.8 Å². The number of nitrogens with two attached hydrogens (primary N) is 1. The zero-order chi connectivity index (χ0) is 16.8. The molecule has 0 heterocycles. The molecule has 23 heavy (non-hydrogen) atoms. The number of carbonyl (C=O) groups excluding carboxylic acids is 1. The van der Waals surface area contributed by atoms with Crippen LogP contribution in [-0.2, 0) is 6.42 Å². The number of amides is 1. The SMILES string of the molecule is CCCCCCCCCCCCCCc1ccccc1C(N)=O. The second-order valence-corrected chi connectivity index (χ2v) is 6.66. The van der Waals surface area contributed by atoms with Gasteiger partial charge in [0.15, 0.2) is 0 Å². The largest absolute Gasteiger partial charge is 0.366 e. The van der Waals surface area contributed by atoms with Crippen LogP contribution in [0.2, 0.25) is 0 Å². The van der Waals surface area contributed by atoms with Gasteiger partial charge in [0.1, 0.15) is 0 Å². The van der Waals surface area contributed by atoms with Crippen LogP contribution in [0.4, 0.5) is 0 Å². The molecule has 0 aliphatic heterocycles. The van der Waals surface area contributed by atoms with Crippen LogP contribution in [-0.4, -0.2) is 5.91 Å². The maximum absolute atomic E-state index is 11.4. The van der Waals surface area contributed by atoms with Gasteiger partial charge in [-0.3, -0.25) is 4.79 Å². The molecule has 2 N–H and O–H groups in total. The highest BCUT2D eigenvalue weighted by molar-refractivity contribution is 5.94. The number of unbranched alkanes of at least 4 members (excludes halogenated alkanes) is 11. The lowest BCUT2D eigenvalue weighted by Crippen LogP contribution is -2.13. The molecular weight excluding hydrogens is 282 g/mol. The summed E-state index contributed by atoms with van der Waals surface area (Å²) >= 11 is 0. The van der Waals surface area contributed by atoms with E-state index in [2.05, 4.69) is 6.92 Å². The monoisotopic (exact) mass is 317 g/mol. The number of rotatable bonds is 14. The van der Waals surface area contributed by atoms with E-state index in [0.717, 1.165) is 18.4 Å². The summed E-state index contributed by atoms with van der Waals surface area (Å²) < 4.78 is 0. The Hall–Kier alpha value is -1.31. The van der Waals surface area contributed by atoms with Crippen molar-refractivity contribution in [2.45, 2.75) is 90.4 Å². The van der Waals surface area contributed by atoms with E-state index in [1.54, 1.807) is 0 Å². The Morgan fingerprint density at radius 3 is 1.78 bits per heavy atom. The first-order valence-electron chi connectivity index (χ1n) is 9.63. The minimum absolute atomic E-state index is 0.306. The zero-order valence-electron chi connectivity index (χ0n) is 15.0. The third-order valence-electron chi connectivity index (χ3n) is 4.58. The van der Waals surface area contributed by atoms with E-state index in [4.69, 9.17) is 5.73 Å². The summed E-state index contributed by atoms with van der Waals surface area (Å²) in [5.41, 5.74) is 7.21. The standard InChI is InChI=1S/C21H35NO/c1-2-3-4-5-6-7-8-9-10-11-12-13-16-19-17-14-15-18-20(19)21(22)23/h14-15,17-18H,2-13,16H2,1H3,(H2,22,23). The summed E-state index contributed by atoms with van der Waals surface area (Å²) in [5.74, 6) is -0.306. The molecule has 0 saturated carbocycles. The second-order valence-electron chi connectivity index (χ2n) is 6.66. The summed E-state index contributed by atoms with van der Waals surface area (Å²) in [6.07, 6.45) is 17.2. The van der Waals surface area contributed by atoms with Gasteiger partial charge in [0.2, 0.25) is 5.91 Å². The van der Waals surface area contributed by atoms with Gasteiger partial charge in [0, 0.05) is 5.56 Å². The first-order valence-corrected chi connectivity index (χ1v) is 9.63. The van der Waals surface area contributed by atoms with E-state index in [9.17, 15) is 4.79 Å². The fourth-order valence-corrected chi connectivity index (χ4v) is 3.14. The molecule has 0 saturated heterocycles. The van der Waals surface area contributed by atoms with Crippen LogP contribution < -0.4 is 5.73 Å². The van der Waals surface area contributed by atoms with Gasteiger partial charge >= 0.3 is 0 Å². The summed E-state index contributed by atoms with van der Waals surface area (Å²) in [5, 5.41) is 0. The maximum Gasteiger partial charge on any atom is 0.248 e. The molecule has 0 aliphatic carbocycles. The molecule has 0 spiro atoms. The molecule has 130 valence electrons. The van der Waals surface area contributed by atoms with Gasteiger partial charge in [-0.15, -0.1) is 0 Å². The Morgan fingerprint density at radius 1 is 0.783 bits per heavy atom. The molecule has 0 atom stereocenters. The smallest absolute Gasteiger partial charge is 0.248 e. The molecule has 1 amide bonds. The van der Waals surface area contributed by atoms with Crippen molar-refractivity contribution >= 4 is 5.91 Å². The fraction of sp³-hybridized carbons (Fsp3) is 0.667. The Morgan fingerprint density at radius 2 is 1.26 bits per heavy atom. The molecule has 0 unspecified atom stereocenters. The van der Waals surface area contributed by atoms with Crippen molar-refractivity contribution < 1.29 is 4.79 Å². The molecule has 2 heteroatoms. The highest BCUT2D eigenvalue weighted by Gasteiger charge is 2.06. The highest BCUT2D eigenvalue weighted by Crippen LogP contribution is 2.15. The molecule has 2 nitrogen and oxygen atoms in total. The Balaban J connectivity index is 1.97. The summed E-state index contributed by atoms with van der Waals surface area (Å²) in [7, 11) is 0. The van der Waals surface area contributed by atoms with Gasteiger partial charge in [-0.05, 0) is 24.5 Å². The molecule has 1 rings (SSSR count). The maximum atomic E-state index is 11.4. The summed E-state index contributed by atoms with van der Waals surface area (Å²) in [4.78, 5) is 11.4. The molecule has 0 radical (unpaired) electrons. The number of hydrogen-bond donors (Lipinski definition) is 1. The minimum atomic E-state index is -0.306. The first-order chi connectivity index (χ1) is 11.3. The quantitative estimate of drug-likeness (QED) is 0.418. The van der Waals surface area contributed by atoms with Crippen molar-refractivity contribution in [3.8, 4) is 0 Å². The molecule has 0 aliphatic rings. The predicted molar refractivity (Wildman–Crippen MR) is 99.7 cm³/mol. The highest BCUT2D eigenvalue weighted by atomic mass is 16.1. The predicted octanol–water partition coefficient (Wildman–Crippen LogP) is 6.03. The van der Waals surface area contributed by atoms with Crippen molar-refractivity contribution in [3.63, 3.8) is 0 Å². The van der Waals surface area contributed by atoms with Gasteiger partial charge in [-0.25, -0.2) is 0 Å². The van der Waals surface area contributed by atoms with Crippen molar-refractivity contribution in [1.29, 1.82) is 0 Å². The van der Waals surface area contributed by atoms with Crippen molar-refractivity contribution in [3.05, 3.63) is 35.4 Å². The van der Waals surface area contributed by atoms with Crippen LogP contribution in [0.5, 0.6) is 0 Å². The van der Waals surface area contributed by atoms with E-state index < -0.39 is 0 Å². The van der Waals surface area contributed by atoms with E-state index in [1.807, 2.05) is 24.3 Å². The van der Waals surface area contributed by atoms with Crippen molar-refractivity contribution in [2.75, 3.05) is 0 Å². The summed E-state index contributed by atoms with van der Waals surface area (Å²) in [6.45, 7) is 2.27. The topological polar surface area (TPSA) is 43.1 Å². The lowest BCUT2D eigenvalue weighted by molar-refractivity contribution is 0.0999. The van der Waals surface area contributed by atoms with Gasteiger partial charge in [0.05, 0.1) is 0 Å². The molecular formula is C21H35NO. The third-order valence-corrected chi connectivity index (χ3v) is 4.58. The van der Waals surface area contributed by atoms with Gasteiger partial charge in [0.25, 0.3) is 0 Å². The summed E-state index contributed by atoms with van der Waals surface area (Å²) in [6, 6.07) is 7.73. The lowest BCUT2D eigenvalue weighted by atomic mass is 10.00. The van der Waals surface area contributed by atoms with E-state index in [0.29, 0.717) is 5.56 Å². The van der Waals surface area contributed by atoms with Crippen LogP contribution in [0.25, 0.3) is 0 Å². The van der Waals surface area contributed by atoms with E-state index >= 15 is 0 Å². The third kappa shape index (κ3) is 9.43. The van der Waals surface area contributed by atoms with Gasteiger partial charge < -0.3 is 5.73 Å². The number of hydrogen-bond acceptors (Lipinski definition) is 1. The zero-order valence-corrected chi connectivity index (χ0v) is 15.0. The minimum Gasteiger partial charge on any atom is -0.366 e. The number of benzene rings is 1. The second kappa shape index (κ2) is 13.2. The van der Waals surface area contributed by atoms with Gasteiger partial charge in [-0.2, -0.15) is 0 Å². The first kappa shape index (κ1) is 19.7. The van der Waals surface area contributed by atoms with Crippen molar-refractivity contribution in [1.82, 2.24) is 0 Å². The van der Waals surface area contributed by atoms with Crippen LogP contribution in [0.1, 0.15) is 99.9 Å². The molecule has 0 bridgehead atoms. The molecule has 0 fully saturated rings. The Bertz CT molecular complexity index is 428. The molecule has 1 aromatic rings. The van der Waals surface area contributed by atoms with Crippen LogP contribution in [0.15, 0.2) is 24.3 Å². The van der Waals surface area contributed by atoms with E-state index in [-0.39, 0.29) is 5.91 Å². The molecule has 0 aromatic heterocycles. The fourth-order valence-electron chi connectivity index (χ4n) is 3.14. The Kier molecular flexibility index (Phi) is 11.3. The lowest BCUT2D eigenvalue weighted by Gasteiger charge is -2.06. The number of aryl methyl sites for hydroxylation is 1. The number of primary amides is 1. The molecule has 1 aromatic carbocycles. The van der Waals surface area contributed by atoms with E-state index in [1.165, 1.54) is 70.6 Å². The average Bonchev–Trinajstić information content (AvgIpc) is 2.56. The average molecular weight is 318 g/mol. The van der Waals surface area contributed by atoms with Crippen molar-refractivity contribution in [2.24, 2.45) is 5.73 Å². The van der Waals surface area contributed by atoms with Crippen LogP contribution >= 0.6 is 0 Å². The number of carbonyl (C=O) groups is 1.